The van der Waals surface area contributed by atoms with Crippen LogP contribution in [0.5, 0.6) is 0 Å². The van der Waals surface area contributed by atoms with E-state index < -0.39 is 0 Å². The van der Waals surface area contributed by atoms with E-state index in [4.69, 9.17) is 0 Å². The fourth-order valence-corrected chi connectivity index (χ4v) is 2.63. The number of hydrogen-bond acceptors (Lipinski definition) is 5. The van der Waals surface area contributed by atoms with Gasteiger partial charge in [0, 0.05) is 17.8 Å². The van der Waals surface area contributed by atoms with Crippen molar-refractivity contribution in [1.82, 2.24) is 9.97 Å². The maximum absolute atomic E-state index is 9.29. The van der Waals surface area contributed by atoms with Gasteiger partial charge in [-0.05, 0) is 18.6 Å². The highest BCUT2D eigenvalue weighted by Gasteiger charge is 2.17. The molecular weight excluding hydrogens is 234 g/mol. The third-order valence-corrected chi connectivity index (χ3v) is 3.73. The van der Waals surface area contributed by atoms with Gasteiger partial charge in [-0.2, -0.15) is 0 Å². The summed E-state index contributed by atoms with van der Waals surface area (Å²) in [5.74, 6) is 1.77. The van der Waals surface area contributed by atoms with Crippen molar-refractivity contribution >= 4 is 17.6 Å². The molecule has 1 saturated carbocycles. The summed E-state index contributed by atoms with van der Waals surface area (Å²) in [5, 5.41) is 13.5. The summed E-state index contributed by atoms with van der Waals surface area (Å²) < 4.78 is 0. The minimum Gasteiger partial charge on any atom is -0.391 e. The largest absolute Gasteiger partial charge is 0.391 e. The van der Waals surface area contributed by atoms with Crippen molar-refractivity contribution in [2.75, 3.05) is 11.1 Å². The molecule has 0 aliphatic heterocycles. The van der Waals surface area contributed by atoms with Crippen molar-refractivity contribution in [3.63, 3.8) is 0 Å². The summed E-state index contributed by atoms with van der Waals surface area (Å²) in [6, 6.07) is 0.509. The fourth-order valence-electron chi connectivity index (χ4n) is 2.09. The van der Waals surface area contributed by atoms with Crippen molar-refractivity contribution in [3.05, 3.63) is 11.8 Å². The van der Waals surface area contributed by atoms with E-state index >= 15 is 0 Å². The molecule has 0 aromatic carbocycles. The molecule has 2 N–H and O–H groups in total. The molecule has 1 heterocycles. The van der Waals surface area contributed by atoms with Gasteiger partial charge in [0.15, 0.2) is 5.16 Å². The first-order valence-corrected chi connectivity index (χ1v) is 7.18. The molecule has 5 heteroatoms. The van der Waals surface area contributed by atoms with E-state index in [0.29, 0.717) is 6.04 Å². The Balaban J connectivity index is 2.12. The number of nitrogens with one attached hydrogen (secondary N) is 1. The number of hydrogen-bond donors (Lipinski definition) is 2. The molecule has 1 aliphatic rings. The molecule has 4 nitrogen and oxygen atoms in total. The molecule has 0 unspecified atom stereocenters. The lowest BCUT2D eigenvalue weighted by Gasteiger charge is -2.15. The molecule has 1 aliphatic carbocycles. The number of thioether (sulfide) groups is 1. The molecule has 1 fully saturated rings. The van der Waals surface area contributed by atoms with Crippen LogP contribution in [0.3, 0.4) is 0 Å². The third kappa shape index (κ3) is 3.33. The van der Waals surface area contributed by atoms with Crippen LogP contribution in [0.15, 0.2) is 11.4 Å². The molecule has 0 saturated heterocycles. The second-order valence-corrected chi connectivity index (χ2v) is 5.47. The molecule has 0 atom stereocenters. The van der Waals surface area contributed by atoms with Crippen molar-refractivity contribution in [1.29, 1.82) is 0 Å². The van der Waals surface area contributed by atoms with Crippen molar-refractivity contribution < 1.29 is 5.11 Å². The van der Waals surface area contributed by atoms with Crippen molar-refractivity contribution in [2.24, 2.45) is 0 Å². The second-order valence-electron chi connectivity index (χ2n) is 4.24. The number of nitrogens with zero attached hydrogens (tertiary/aromatic N) is 2. The molecule has 94 valence electrons. The smallest absolute Gasteiger partial charge is 0.189 e. The maximum Gasteiger partial charge on any atom is 0.189 e. The SMILES string of the molecule is CCSc1ncc(CO)c(NC2CCCC2)n1. The van der Waals surface area contributed by atoms with Gasteiger partial charge in [-0.3, -0.25) is 0 Å². The lowest BCUT2D eigenvalue weighted by atomic mass is 10.2. The predicted octanol–water partition coefficient (Wildman–Crippen LogP) is 2.44. The minimum absolute atomic E-state index is 0.00781. The van der Waals surface area contributed by atoms with Crippen LogP contribution in [0.1, 0.15) is 38.2 Å². The monoisotopic (exact) mass is 253 g/mol. The molecular formula is C12H19N3OS. The zero-order valence-electron chi connectivity index (χ0n) is 10.1. The highest BCUT2D eigenvalue weighted by atomic mass is 32.2. The molecule has 2 rings (SSSR count). The number of anilines is 1. The van der Waals surface area contributed by atoms with Gasteiger partial charge in [-0.25, -0.2) is 9.97 Å². The lowest BCUT2D eigenvalue weighted by Crippen LogP contribution is -2.17. The third-order valence-electron chi connectivity index (χ3n) is 2.98. The van der Waals surface area contributed by atoms with Gasteiger partial charge < -0.3 is 10.4 Å². The van der Waals surface area contributed by atoms with E-state index in [-0.39, 0.29) is 6.61 Å². The molecule has 0 spiro atoms. The molecule has 0 amide bonds. The summed E-state index contributed by atoms with van der Waals surface area (Å²) in [7, 11) is 0. The summed E-state index contributed by atoms with van der Waals surface area (Å²) in [5.41, 5.74) is 0.789. The Hall–Kier alpha value is -0.810. The van der Waals surface area contributed by atoms with Crippen LogP contribution in [0.2, 0.25) is 0 Å². The van der Waals surface area contributed by atoms with Crippen LogP contribution in [0.25, 0.3) is 0 Å². The first-order chi connectivity index (χ1) is 8.33. The van der Waals surface area contributed by atoms with E-state index in [1.165, 1.54) is 25.7 Å². The van der Waals surface area contributed by atoms with Crippen LogP contribution in [-0.2, 0) is 6.61 Å². The Bertz CT molecular complexity index is 367. The first kappa shape index (κ1) is 12.6. The van der Waals surface area contributed by atoms with Crippen LogP contribution < -0.4 is 5.32 Å². The summed E-state index contributed by atoms with van der Waals surface area (Å²) >= 11 is 1.62. The Labute approximate surface area is 106 Å². The van der Waals surface area contributed by atoms with Crippen LogP contribution in [0, 0.1) is 0 Å². The van der Waals surface area contributed by atoms with E-state index in [0.717, 1.165) is 22.3 Å². The Morgan fingerprint density at radius 2 is 2.24 bits per heavy atom. The fraction of sp³-hybridized carbons (Fsp3) is 0.667. The van der Waals surface area contributed by atoms with Crippen molar-refractivity contribution in [3.8, 4) is 0 Å². The van der Waals surface area contributed by atoms with Crippen LogP contribution >= 0.6 is 11.8 Å². The summed E-state index contributed by atoms with van der Waals surface area (Å²) in [6.07, 6.45) is 6.69. The molecule has 0 bridgehead atoms. The normalized spacial score (nSPS) is 16.4. The topological polar surface area (TPSA) is 58.0 Å². The van der Waals surface area contributed by atoms with Crippen LogP contribution in [-0.4, -0.2) is 26.9 Å². The summed E-state index contributed by atoms with van der Waals surface area (Å²) in [4.78, 5) is 8.70. The lowest BCUT2D eigenvalue weighted by molar-refractivity contribution is 0.281. The highest BCUT2D eigenvalue weighted by Crippen LogP contribution is 2.24. The quantitative estimate of drug-likeness (QED) is 0.623. The van der Waals surface area contributed by atoms with Gasteiger partial charge in [0.2, 0.25) is 0 Å². The zero-order chi connectivity index (χ0) is 12.1. The van der Waals surface area contributed by atoms with Gasteiger partial charge in [-0.15, -0.1) is 0 Å². The second kappa shape index (κ2) is 6.21. The average molecular weight is 253 g/mol. The number of aromatic nitrogens is 2. The number of rotatable bonds is 5. The van der Waals surface area contributed by atoms with Gasteiger partial charge in [0.05, 0.1) is 6.61 Å². The highest BCUT2D eigenvalue weighted by molar-refractivity contribution is 7.99. The van der Waals surface area contributed by atoms with E-state index in [1.807, 2.05) is 0 Å². The zero-order valence-corrected chi connectivity index (χ0v) is 11.0. The summed E-state index contributed by atoms with van der Waals surface area (Å²) in [6.45, 7) is 2.07. The predicted molar refractivity (Wildman–Crippen MR) is 70.2 cm³/mol. The van der Waals surface area contributed by atoms with E-state index in [2.05, 4.69) is 22.2 Å². The minimum atomic E-state index is -0.00781. The molecule has 17 heavy (non-hydrogen) atoms. The standard InChI is InChI=1S/C12H19N3OS/c1-2-17-12-13-7-9(8-16)11(15-12)14-10-5-3-4-6-10/h7,10,16H,2-6,8H2,1H3,(H,13,14,15). The first-order valence-electron chi connectivity index (χ1n) is 6.19. The van der Waals surface area contributed by atoms with Crippen molar-refractivity contribution in [2.45, 2.75) is 50.4 Å². The Morgan fingerprint density at radius 3 is 2.88 bits per heavy atom. The number of aliphatic hydroxyl groups excluding tert-OH is 1. The van der Waals surface area contributed by atoms with Gasteiger partial charge in [0.25, 0.3) is 0 Å². The van der Waals surface area contributed by atoms with E-state index in [9.17, 15) is 5.11 Å². The van der Waals surface area contributed by atoms with Gasteiger partial charge in [0.1, 0.15) is 5.82 Å². The average Bonchev–Trinajstić information content (AvgIpc) is 2.83. The molecule has 0 radical (unpaired) electrons. The molecule has 1 aromatic rings. The molecule has 1 aromatic heterocycles. The number of aliphatic hydroxyl groups is 1. The Morgan fingerprint density at radius 1 is 1.47 bits per heavy atom. The van der Waals surface area contributed by atoms with Crippen LogP contribution in [0.4, 0.5) is 5.82 Å². The Kier molecular flexibility index (Phi) is 4.62. The van der Waals surface area contributed by atoms with E-state index in [1.54, 1.807) is 18.0 Å². The maximum atomic E-state index is 9.29. The van der Waals surface area contributed by atoms with Gasteiger partial charge in [-0.1, -0.05) is 31.5 Å². The van der Waals surface area contributed by atoms with Gasteiger partial charge >= 0.3 is 0 Å².